The highest BCUT2D eigenvalue weighted by Gasteiger charge is 2.45. The molecule has 4 heterocycles. The van der Waals surface area contributed by atoms with Gasteiger partial charge in [0.05, 0.1) is 35.8 Å². The quantitative estimate of drug-likeness (QED) is 0.149. The summed E-state index contributed by atoms with van der Waals surface area (Å²) in [6.45, 7) is 9.53. The summed E-state index contributed by atoms with van der Waals surface area (Å²) in [5.41, 5.74) is 5.77. The number of carbonyl (C=O) groups excluding carboxylic acids is 4. The van der Waals surface area contributed by atoms with Crippen LogP contribution in [0.2, 0.25) is 0 Å². The van der Waals surface area contributed by atoms with Crippen LogP contribution in [-0.4, -0.2) is 121 Å². The number of hydrazone groups is 2. The fourth-order valence-corrected chi connectivity index (χ4v) is 8.24. The lowest BCUT2D eigenvalue weighted by Crippen LogP contribution is -2.54. The van der Waals surface area contributed by atoms with E-state index in [0.29, 0.717) is 84.6 Å². The molecule has 0 saturated heterocycles. The molecule has 0 aliphatic carbocycles. The Morgan fingerprint density at radius 2 is 1.02 bits per heavy atom. The number of nitrogens with one attached hydrogen (secondary N) is 4. The molecule has 62 heavy (non-hydrogen) atoms. The van der Waals surface area contributed by atoms with Crippen molar-refractivity contribution >= 4 is 46.7 Å². The molecule has 16 nitrogen and oxygen atoms in total. The molecule has 0 radical (unpaired) electrons. The molecule has 4 amide bonds. The van der Waals surface area contributed by atoms with Gasteiger partial charge in [0.15, 0.2) is 12.1 Å². The molecule has 0 saturated carbocycles. The molecule has 0 fully saturated rings. The number of benzene rings is 3. The van der Waals surface area contributed by atoms with Gasteiger partial charge in [-0.1, -0.05) is 51.0 Å². The fraction of sp³-hybridized carbons (Fsp3) is 0.435. The summed E-state index contributed by atoms with van der Waals surface area (Å²) in [5, 5.41) is 24.4. The third-order valence-electron chi connectivity index (χ3n) is 11.2. The van der Waals surface area contributed by atoms with Crippen LogP contribution < -0.4 is 30.7 Å². The molecule has 4 aliphatic heterocycles. The normalized spacial score (nSPS) is 20.2. The average Bonchev–Trinajstić information content (AvgIpc) is 3.76. The Bertz CT molecular complexity index is 2160. The summed E-state index contributed by atoms with van der Waals surface area (Å²) in [4.78, 5) is 63.0. The minimum Gasteiger partial charge on any atom is -0.493 e. The number of likely N-dealkylation sites (N-methyl/N-ethyl adjacent to an activating group) is 2. The molecule has 4 N–H and O–H groups in total. The van der Waals surface area contributed by atoms with E-state index in [2.05, 4.69) is 45.3 Å². The Balaban J connectivity index is 0.930. The molecule has 3 aromatic rings. The number of amidine groups is 2. The molecular weight excluding hydrogens is 789 g/mol. The van der Waals surface area contributed by atoms with Crippen molar-refractivity contribution in [2.24, 2.45) is 20.2 Å². The van der Waals surface area contributed by atoms with Crippen LogP contribution in [0, 0.1) is 0 Å². The third kappa shape index (κ3) is 9.33. The second kappa shape index (κ2) is 19.4. The number of carbonyl (C=O) groups is 4. The number of amides is 4. The second-order valence-corrected chi connectivity index (χ2v) is 15.7. The van der Waals surface area contributed by atoms with Crippen LogP contribution in [0.25, 0.3) is 0 Å². The lowest BCUT2D eigenvalue weighted by Gasteiger charge is -2.28. The zero-order valence-electron chi connectivity index (χ0n) is 36.3. The lowest BCUT2D eigenvalue weighted by atomic mass is 9.98. The molecule has 3 aromatic carbocycles. The minimum absolute atomic E-state index is 0.195. The van der Waals surface area contributed by atoms with Crippen LogP contribution in [0.1, 0.15) is 96.3 Å². The van der Waals surface area contributed by atoms with E-state index in [1.165, 1.54) is 0 Å². The number of aliphatic imine (C=N–C) groups is 2. The van der Waals surface area contributed by atoms with E-state index in [0.717, 1.165) is 48.2 Å². The van der Waals surface area contributed by atoms with Gasteiger partial charge in [-0.05, 0) is 87.1 Å². The molecule has 16 heteroatoms. The molecule has 4 aliphatic rings. The van der Waals surface area contributed by atoms with Crippen LogP contribution in [-0.2, 0) is 22.4 Å². The summed E-state index contributed by atoms with van der Waals surface area (Å²) in [6.07, 6.45) is 4.48. The predicted molar refractivity (Wildman–Crippen MR) is 238 cm³/mol. The van der Waals surface area contributed by atoms with Crippen LogP contribution in [0.4, 0.5) is 0 Å². The van der Waals surface area contributed by atoms with Gasteiger partial charge in [-0.2, -0.15) is 10.2 Å². The Morgan fingerprint density at radius 1 is 0.613 bits per heavy atom. The number of hydrogen-bond donors (Lipinski definition) is 4. The van der Waals surface area contributed by atoms with E-state index < -0.39 is 24.2 Å². The Morgan fingerprint density at radius 3 is 1.39 bits per heavy atom. The van der Waals surface area contributed by atoms with Gasteiger partial charge in [-0.15, -0.1) is 0 Å². The first-order valence-electron chi connectivity index (χ1n) is 21.6. The van der Waals surface area contributed by atoms with Gasteiger partial charge in [-0.25, -0.2) is 0 Å². The minimum atomic E-state index is -0.504. The van der Waals surface area contributed by atoms with Gasteiger partial charge in [0.25, 0.3) is 23.6 Å². The van der Waals surface area contributed by atoms with E-state index in [-0.39, 0.29) is 23.6 Å². The summed E-state index contributed by atoms with van der Waals surface area (Å²) < 4.78 is 11.8. The molecule has 0 spiro atoms. The number of fused-ring (bicyclic) bond motifs is 2. The van der Waals surface area contributed by atoms with Gasteiger partial charge < -0.3 is 30.7 Å². The van der Waals surface area contributed by atoms with Crippen LogP contribution in [0.3, 0.4) is 0 Å². The van der Waals surface area contributed by atoms with E-state index in [4.69, 9.17) is 19.5 Å². The molecule has 4 atom stereocenters. The van der Waals surface area contributed by atoms with Crippen molar-refractivity contribution in [2.45, 2.75) is 90.4 Å². The van der Waals surface area contributed by atoms with Gasteiger partial charge in [0.2, 0.25) is 0 Å². The zero-order valence-corrected chi connectivity index (χ0v) is 36.3. The first kappa shape index (κ1) is 43.5. The predicted octanol–water partition coefficient (Wildman–Crippen LogP) is 3.86. The molecule has 326 valence electrons. The van der Waals surface area contributed by atoms with Gasteiger partial charge in [0.1, 0.15) is 35.3 Å². The number of rotatable bonds is 18. The van der Waals surface area contributed by atoms with Crippen molar-refractivity contribution in [2.75, 3.05) is 40.4 Å². The van der Waals surface area contributed by atoms with Crippen molar-refractivity contribution < 1.29 is 28.7 Å². The smallest absolute Gasteiger partial charge is 0.252 e. The van der Waals surface area contributed by atoms with E-state index in [1.807, 2.05) is 38.1 Å². The van der Waals surface area contributed by atoms with Gasteiger partial charge in [0, 0.05) is 38.3 Å². The highest BCUT2D eigenvalue weighted by Crippen LogP contribution is 2.29. The average molecular weight is 845 g/mol. The highest BCUT2D eigenvalue weighted by atomic mass is 16.5. The zero-order chi connectivity index (χ0) is 43.9. The SMILES string of the molecule is CCCC1=NN(C)C2C(=O)NC(c3cc(C(=O)NCCc4ccc(CCNC(=O)c5ccc(OCC)c(C6=NC7C(CCC)=NN(C)C7C(=O)N6)c5)cc4)ccc3OCC)=NC12. The van der Waals surface area contributed by atoms with Crippen LogP contribution in [0.15, 0.2) is 80.9 Å². The van der Waals surface area contributed by atoms with Gasteiger partial charge >= 0.3 is 0 Å². The van der Waals surface area contributed by atoms with Gasteiger partial charge in [-0.3, -0.25) is 39.2 Å². The Labute approximate surface area is 362 Å². The summed E-state index contributed by atoms with van der Waals surface area (Å²) in [6, 6.07) is 16.6. The van der Waals surface area contributed by atoms with E-state index >= 15 is 0 Å². The van der Waals surface area contributed by atoms with Crippen molar-refractivity contribution in [3.8, 4) is 11.5 Å². The highest BCUT2D eigenvalue weighted by molar-refractivity contribution is 6.17. The maximum Gasteiger partial charge on any atom is 0.252 e. The van der Waals surface area contributed by atoms with Crippen molar-refractivity contribution in [1.82, 2.24) is 31.3 Å². The molecule has 7 rings (SSSR count). The van der Waals surface area contributed by atoms with E-state index in [9.17, 15) is 19.2 Å². The number of ether oxygens (including phenoxy) is 2. The maximum atomic E-state index is 13.4. The fourth-order valence-electron chi connectivity index (χ4n) is 8.24. The topological polar surface area (TPSA) is 191 Å². The maximum absolute atomic E-state index is 13.4. The molecule has 0 bridgehead atoms. The van der Waals surface area contributed by atoms with E-state index in [1.54, 1.807) is 60.5 Å². The number of hydrogen-bond acceptors (Lipinski definition) is 12. The largest absolute Gasteiger partial charge is 0.493 e. The Kier molecular flexibility index (Phi) is 13.6. The first-order chi connectivity index (χ1) is 30.0. The molecular formula is C46H56N10O6. The molecule has 4 unspecified atom stereocenters. The summed E-state index contributed by atoms with van der Waals surface area (Å²) in [5.74, 6) is 0.898. The monoisotopic (exact) mass is 844 g/mol. The Hall–Kier alpha value is -6.58. The van der Waals surface area contributed by atoms with Crippen LogP contribution in [0.5, 0.6) is 11.5 Å². The standard InChI is InChI=1S/C46H56N10O6/c1-7-11-33-37-39(55(5)53-33)45(59)51-41(49-37)31-25-29(17-19-35(31)61-9-3)43(57)47-23-21-27-13-15-28(16-14-27)22-24-48-44(58)30-18-20-36(62-10-4)32(26-30)42-50-38-34(12-8-2)54-56(6)40(38)46(60)52-42/h13-20,25-26,37-40H,7-12,21-24H2,1-6H3,(H,47,57)(H,48,58)(H,49,51,59)(H,50,52,60). The number of nitrogens with zero attached hydrogens (tertiary/aromatic N) is 6. The third-order valence-corrected chi connectivity index (χ3v) is 11.2. The summed E-state index contributed by atoms with van der Waals surface area (Å²) >= 11 is 0. The van der Waals surface area contributed by atoms with Crippen molar-refractivity contribution in [3.05, 3.63) is 94.0 Å². The van der Waals surface area contributed by atoms with Crippen molar-refractivity contribution in [1.29, 1.82) is 0 Å². The molecule has 0 aromatic heterocycles. The summed E-state index contributed by atoms with van der Waals surface area (Å²) in [7, 11) is 3.57. The first-order valence-corrected chi connectivity index (χ1v) is 21.6. The lowest BCUT2D eigenvalue weighted by molar-refractivity contribution is -0.125. The second-order valence-electron chi connectivity index (χ2n) is 15.7. The van der Waals surface area contributed by atoms with Crippen molar-refractivity contribution in [3.63, 3.8) is 0 Å². The van der Waals surface area contributed by atoms with Crippen LogP contribution >= 0.6 is 0 Å².